The largest absolute Gasteiger partial charge is 0.353 e. The molecule has 30 heavy (non-hydrogen) atoms. The normalized spacial score (nSPS) is 14.8. The summed E-state index contributed by atoms with van der Waals surface area (Å²) in [6.07, 6.45) is 7.71. The molecule has 1 aliphatic heterocycles. The Morgan fingerprint density at radius 2 is 1.90 bits per heavy atom. The van der Waals surface area contributed by atoms with E-state index >= 15 is 0 Å². The molecule has 1 aliphatic rings. The number of amides is 1. The molecule has 0 aliphatic carbocycles. The lowest BCUT2D eigenvalue weighted by Gasteiger charge is -2.50. The molecule has 3 heterocycles. The molecule has 1 amide bonds. The molecule has 3 aromatic rings. The first kappa shape index (κ1) is 19.9. The third-order valence-electron chi connectivity index (χ3n) is 5.58. The number of likely N-dealkylation sites (N-methyl/N-ethyl adjacent to an activating group) is 1. The van der Waals surface area contributed by atoms with Crippen molar-refractivity contribution in [2.75, 3.05) is 31.6 Å². The van der Waals surface area contributed by atoms with E-state index in [0.29, 0.717) is 38.0 Å². The summed E-state index contributed by atoms with van der Waals surface area (Å²) in [5.41, 5.74) is 0.802. The molecule has 7 heteroatoms. The van der Waals surface area contributed by atoms with Crippen LogP contribution in [-0.4, -0.2) is 52.4 Å². The van der Waals surface area contributed by atoms with E-state index in [0.717, 1.165) is 11.5 Å². The highest BCUT2D eigenvalue weighted by Crippen LogP contribution is 2.38. The van der Waals surface area contributed by atoms with Crippen molar-refractivity contribution in [3.63, 3.8) is 0 Å². The monoisotopic (exact) mass is 405 g/mol. The Balaban J connectivity index is 1.51. The molecule has 0 N–H and O–H groups in total. The molecule has 2 aromatic heterocycles. The first-order valence-corrected chi connectivity index (χ1v) is 9.97. The zero-order valence-electron chi connectivity index (χ0n) is 16.9. The molecule has 1 aromatic carbocycles. The molecule has 6 nitrogen and oxygen atoms in total. The van der Waals surface area contributed by atoms with Gasteiger partial charge in [-0.3, -0.25) is 14.8 Å². The van der Waals surface area contributed by atoms with Gasteiger partial charge in [-0.25, -0.2) is 9.37 Å². The number of carbonyl (C=O) groups is 1. The summed E-state index contributed by atoms with van der Waals surface area (Å²) in [6, 6.07) is 12.4. The van der Waals surface area contributed by atoms with Crippen molar-refractivity contribution in [1.29, 1.82) is 0 Å². The van der Waals surface area contributed by atoms with E-state index in [1.165, 1.54) is 6.07 Å². The Kier molecular flexibility index (Phi) is 5.70. The number of anilines is 1. The van der Waals surface area contributed by atoms with Crippen molar-refractivity contribution < 1.29 is 9.18 Å². The molecular formula is C23H24FN5O. The number of carbonyl (C=O) groups excluding carboxylic acids is 1. The highest BCUT2D eigenvalue weighted by atomic mass is 19.1. The van der Waals surface area contributed by atoms with Gasteiger partial charge in [0.2, 0.25) is 5.91 Å². The number of benzene rings is 1. The van der Waals surface area contributed by atoms with Crippen LogP contribution in [0.5, 0.6) is 0 Å². The predicted octanol–water partition coefficient (Wildman–Crippen LogP) is 2.76. The lowest BCUT2D eigenvalue weighted by Crippen LogP contribution is -2.65. The summed E-state index contributed by atoms with van der Waals surface area (Å²) in [5.74, 6) is 0.464. The summed E-state index contributed by atoms with van der Waals surface area (Å²) < 4.78 is 14.4. The van der Waals surface area contributed by atoms with Crippen molar-refractivity contribution in [2.45, 2.75) is 12.8 Å². The molecule has 0 unspecified atom stereocenters. The number of pyridine rings is 1. The van der Waals surface area contributed by atoms with Crippen molar-refractivity contribution in [3.8, 4) is 0 Å². The summed E-state index contributed by atoms with van der Waals surface area (Å²) >= 11 is 0. The van der Waals surface area contributed by atoms with Crippen molar-refractivity contribution in [1.82, 2.24) is 19.9 Å². The van der Waals surface area contributed by atoms with Crippen LogP contribution in [0.25, 0.3) is 0 Å². The highest BCUT2D eigenvalue weighted by molar-refractivity contribution is 5.86. The second kappa shape index (κ2) is 8.57. The van der Waals surface area contributed by atoms with Gasteiger partial charge in [0, 0.05) is 57.4 Å². The lowest BCUT2D eigenvalue weighted by molar-refractivity contribution is -0.142. The van der Waals surface area contributed by atoms with E-state index in [-0.39, 0.29) is 11.7 Å². The molecule has 154 valence electrons. The number of aromatic nitrogens is 3. The topological polar surface area (TPSA) is 62.2 Å². The van der Waals surface area contributed by atoms with Gasteiger partial charge in [-0.15, -0.1) is 0 Å². The average Bonchev–Trinajstić information content (AvgIpc) is 2.76. The molecule has 0 radical (unpaired) electrons. The van der Waals surface area contributed by atoms with Crippen LogP contribution >= 0.6 is 0 Å². The number of hydrogen-bond acceptors (Lipinski definition) is 5. The third kappa shape index (κ3) is 4.15. The van der Waals surface area contributed by atoms with Crippen LogP contribution in [0.2, 0.25) is 0 Å². The van der Waals surface area contributed by atoms with Gasteiger partial charge in [-0.2, -0.15) is 0 Å². The van der Waals surface area contributed by atoms with Crippen LogP contribution in [0.1, 0.15) is 11.3 Å². The standard InChI is InChI=1S/C23H24FN5O/c1-28(13-9-19-7-4-5-10-26-19)22(30)23(14-18-6-2-3-8-20(18)24)16-29(17-23)21-15-25-11-12-27-21/h2-8,10-12,15H,9,13-14,16-17H2,1H3. The Hall–Kier alpha value is -3.35. The van der Waals surface area contributed by atoms with Crippen LogP contribution in [0.3, 0.4) is 0 Å². The first-order valence-electron chi connectivity index (χ1n) is 9.97. The van der Waals surface area contributed by atoms with E-state index in [4.69, 9.17) is 0 Å². The van der Waals surface area contributed by atoms with Gasteiger partial charge in [-0.1, -0.05) is 24.3 Å². The van der Waals surface area contributed by atoms with E-state index < -0.39 is 5.41 Å². The number of halogens is 1. The number of nitrogens with zero attached hydrogens (tertiary/aromatic N) is 5. The van der Waals surface area contributed by atoms with Crippen LogP contribution in [-0.2, 0) is 17.6 Å². The van der Waals surface area contributed by atoms with Gasteiger partial charge in [0.15, 0.2) is 0 Å². The maximum Gasteiger partial charge on any atom is 0.232 e. The van der Waals surface area contributed by atoms with Crippen LogP contribution in [0.4, 0.5) is 10.2 Å². The third-order valence-corrected chi connectivity index (χ3v) is 5.58. The van der Waals surface area contributed by atoms with Gasteiger partial charge in [0.25, 0.3) is 0 Å². The van der Waals surface area contributed by atoms with Gasteiger partial charge >= 0.3 is 0 Å². The summed E-state index contributed by atoms with van der Waals surface area (Å²) in [4.78, 5) is 30.0. The zero-order valence-corrected chi connectivity index (χ0v) is 16.9. The molecule has 0 atom stereocenters. The van der Waals surface area contributed by atoms with Crippen LogP contribution < -0.4 is 4.90 Å². The Labute approximate surface area is 175 Å². The first-order chi connectivity index (χ1) is 14.6. The molecule has 0 bridgehead atoms. The van der Waals surface area contributed by atoms with Gasteiger partial charge in [0.1, 0.15) is 11.6 Å². The fourth-order valence-corrected chi connectivity index (χ4v) is 3.96. The van der Waals surface area contributed by atoms with Gasteiger partial charge in [-0.05, 0) is 30.2 Å². The van der Waals surface area contributed by atoms with Crippen molar-refractivity contribution in [3.05, 3.63) is 84.3 Å². The minimum atomic E-state index is -0.696. The Bertz CT molecular complexity index is 993. The van der Waals surface area contributed by atoms with E-state index in [9.17, 15) is 9.18 Å². The minimum Gasteiger partial charge on any atom is -0.353 e. The molecule has 0 spiro atoms. The minimum absolute atomic E-state index is 0.0156. The Morgan fingerprint density at radius 1 is 1.10 bits per heavy atom. The molecule has 0 saturated carbocycles. The SMILES string of the molecule is CN(CCc1ccccn1)C(=O)C1(Cc2ccccc2F)CN(c2cnccn2)C1. The maximum absolute atomic E-state index is 14.4. The lowest BCUT2D eigenvalue weighted by atomic mass is 9.73. The van der Waals surface area contributed by atoms with Crippen LogP contribution in [0.15, 0.2) is 67.3 Å². The van der Waals surface area contributed by atoms with Gasteiger partial charge < -0.3 is 9.80 Å². The molecule has 4 rings (SSSR count). The molecule has 1 fully saturated rings. The zero-order chi connectivity index (χ0) is 21.0. The van der Waals surface area contributed by atoms with Gasteiger partial charge in [0.05, 0.1) is 11.6 Å². The van der Waals surface area contributed by atoms with Crippen LogP contribution in [0, 0.1) is 11.2 Å². The second-order valence-corrected chi connectivity index (χ2v) is 7.77. The van der Waals surface area contributed by atoms with E-state index in [1.807, 2.05) is 23.1 Å². The van der Waals surface area contributed by atoms with Crippen molar-refractivity contribution in [2.24, 2.45) is 5.41 Å². The summed E-state index contributed by atoms with van der Waals surface area (Å²) in [5, 5.41) is 0. The molecule has 1 saturated heterocycles. The second-order valence-electron chi connectivity index (χ2n) is 7.77. The Morgan fingerprint density at radius 3 is 2.60 bits per heavy atom. The quantitative estimate of drug-likeness (QED) is 0.605. The number of rotatable bonds is 7. The molecular weight excluding hydrogens is 381 g/mol. The fraction of sp³-hybridized carbons (Fsp3) is 0.304. The van der Waals surface area contributed by atoms with Crippen molar-refractivity contribution >= 4 is 11.7 Å². The fourth-order valence-electron chi connectivity index (χ4n) is 3.96. The predicted molar refractivity (Wildman–Crippen MR) is 112 cm³/mol. The smallest absolute Gasteiger partial charge is 0.232 e. The summed E-state index contributed by atoms with van der Waals surface area (Å²) in [7, 11) is 1.80. The number of hydrogen-bond donors (Lipinski definition) is 0. The van der Waals surface area contributed by atoms with E-state index in [1.54, 1.807) is 54.9 Å². The average molecular weight is 405 g/mol. The van der Waals surface area contributed by atoms with E-state index in [2.05, 4.69) is 15.0 Å². The highest BCUT2D eigenvalue weighted by Gasteiger charge is 2.51. The maximum atomic E-state index is 14.4. The summed E-state index contributed by atoms with van der Waals surface area (Å²) in [6.45, 7) is 1.51.